The van der Waals surface area contributed by atoms with Crippen LogP contribution in [0.4, 0.5) is 0 Å². The lowest BCUT2D eigenvalue weighted by atomic mass is 9.83. The van der Waals surface area contributed by atoms with Crippen LogP contribution in [0.15, 0.2) is 40.9 Å². The second-order valence-electron chi connectivity index (χ2n) is 7.49. The van der Waals surface area contributed by atoms with Crippen molar-refractivity contribution < 1.29 is 19.1 Å². The van der Waals surface area contributed by atoms with E-state index in [1.54, 1.807) is 18.3 Å². The molecule has 2 amide bonds. The first-order chi connectivity index (χ1) is 13.7. The zero-order valence-electron chi connectivity index (χ0n) is 15.8. The van der Waals surface area contributed by atoms with E-state index in [1.807, 2.05) is 28.0 Å². The van der Waals surface area contributed by atoms with Crippen molar-refractivity contribution in [2.24, 2.45) is 5.92 Å². The lowest BCUT2D eigenvalue weighted by Gasteiger charge is -2.47. The quantitative estimate of drug-likeness (QED) is 0.852. The molecule has 2 fully saturated rings. The minimum absolute atomic E-state index is 0.143. The Labute approximate surface area is 164 Å². The number of carbonyl (C=O) groups is 2. The molecule has 2 aliphatic rings. The number of piperidine rings is 2. The fourth-order valence-corrected chi connectivity index (χ4v) is 4.34. The number of likely N-dealkylation sites (tertiary alicyclic amines) is 2. The second-order valence-corrected chi connectivity index (χ2v) is 7.49. The van der Waals surface area contributed by atoms with Gasteiger partial charge in [-0.3, -0.25) is 14.6 Å². The maximum atomic E-state index is 12.7. The van der Waals surface area contributed by atoms with Crippen LogP contribution in [0.5, 0.6) is 0 Å². The maximum Gasteiger partial charge on any atom is 0.289 e. The average molecular weight is 383 g/mol. The molecule has 2 aromatic heterocycles. The third-order valence-electron chi connectivity index (χ3n) is 5.79. The molecule has 28 heavy (non-hydrogen) atoms. The van der Waals surface area contributed by atoms with E-state index in [2.05, 4.69) is 4.98 Å². The van der Waals surface area contributed by atoms with Gasteiger partial charge in [0.25, 0.3) is 5.91 Å². The minimum atomic E-state index is -0.217. The fourth-order valence-electron chi connectivity index (χ4n) is 4.34. The maximum absolute atomic E-state index is 12.7. The molecule has 0 aliphatic carbocycles. The number of rotatable bonds is 5. The number of carbonyl (C=O) groups excluding carboxylic acids is 2. The van der Waals surface area contributed by atoms with E-state index in [0.29, 0.717) is 31.8 Å². The van der Waals surface area contributed by atoms with Gasteiger partial charge in [-0.05, 0) is 43.0 Å². The number of hydrogen-bond acceptors (Lipinski definition) is 5. The van der Waals surface area contributed by atoms with Crippen molar-refractivity contribution in [2.75, 3.05) is 19.6 Å². The Balaban J connectivity index is 1.40. The predicted octanol–water partition coefficient (Wildman–Crippen LogP) is 1.86. The van der Waals surface area contributed by atoms with Gasteiger partial charge in [-0.25, -0.2) is 0 Å². The third kappa shape index (κ3) is 3.80. The number of nitrogens with zero attached hydrogens (tertiary/aromatic N) is 3. The van der Waals surface area contributed by atoms with Gasteiger partial charge >= 0.3 is 0 Å². The number of pyridine rings is 1. The molecule has 2 saturated heterocycles. The highest BCUT2D eigenvalue weighted by Crippen LogP contribution is 2.32. The van der Waals surface area contributed by atoms with Crippen molar-refractivity contribution in [3.8, 4) is 0 Å². The summed E-state index contributed by atoms with van der Waals surface area (Å²) in [7, 11) is 0. The Hall–Kier alpha value is -2.67. The Morgan fingerprint density at radius 1 is 1.25 bits per heavy atom. The Kier molecular flexibility index (Phi) is 5.43. The highest BCUT2D eigenvalue weighted by atomic mass is 16.4. The molecular weight excluding hydrogens is 358 g/mol. The van der Waals surface area contributed by atoms with Gasteiger partial charge in [0.15, 0.2) is 5.76 Å². The van der Waals surface area contributed by atoms with Crippen molar-refractivity contribution in [3.05, 3.63) is 53.7 Å². The summed E-state index contributed by atoms with van der Waals surface area (Å²) in [5.41, 5.74) is 0.988. The average Bonchev–Trinajstić information content (AvgIpc) is 3.22. The first-order valence-corrected chi connectivity index (χ1v) is 9.84. The molecule has 148 valence electrons. The highest BCUT2D eigenvalue weighted by Gasteiger charge is 2.40. The molecule has 0 unspecified atom stereocenters. The van der Waals surface area contributed by atoms with E-state index in [4.69, 9.17) is 9.52 Å². The Bertz CT molecular complexity index is 835. The van der Waals surface area contributed by atoms with Crippen LogP contribution in [0.1, 0.15) is 41.3 Å². The molecule has 7 nitrogen and oxygen atoms in total. The molecule has 2 aromatic rings. The number of aliphatic hydroxyl groups excluding tert-OH is 1. The Morgan fingerprint density at radius 2 is 2.14 bits per heavy atom. The molecule has 4 heterocycles. The van der Waals surface area contributed by atoms with E-state index in [0.717, 1.165) is 25.0 Å². The summed E-state index contributed by atoms with van der Waals surface area (Å²) < 4.78 is 5.40. The van der Waals surface area contributed by atoms with Gasteiger partial charge in [-0.15, -0.1) is 0 Å². The number of fused-ring (bicyclic) bond motifs is 1. The molecule has 1 N–H and O–H groups in total. The molecule has 4 rings (SSSR count). The molecule has 0 aromatic carbocycles. The van der Waals surface area contributed by atoms with Gasteiger partial charge < -0.3 is 19.3 Å². The summed E-state index contributed by atoms with van der Waals surface area (Å²) in [5, 5.41) is 9.12. The van der Waals surface area contributed by atoms with Gasteiger partial charge in [0, 0.05) is 50.4 Å². The molecule has 2 aliphatic heterocycles. The molecule has 0 bridgehead atoms. The van der Waals surface area contributed by atoms with Crippen molar-refractivity contribution in [1.29, 1.82) is 0 Å². The van der Waals surface area contributed by atoms with Gasteiger partial charge in [-0.1, -0.05) is 6.07 Å². The number of amides is 2. The van der Waals surface area contributed by atoms with Crippen LogP contribution in [0.2, 0.25) is 0 Å². The van der Waals surface area contributed by atoms with Crippen LogP contribution in [-0.2, 0) is 17.8 Å². The fraction of sp³-hybridized carbons (Fsp3) is 0.476. The number of furan rings is 1. The lowest BCUT2D eigenvalue weighted by Crippen LogP contribution is -2.57. The zero-order chi connectivity index (χ0) is 19.5. The zero-order valence-corrected chi connectivity index (χ0v) is 15.8. The van der Waals surface area contributed by atoms with Gasteiger partial charge in [0.1, 0.15) is 12.4 Å². The van der Waals surface area contributed by atoms with Crippen molar-refractivity contribution in [1.82, 2.24) is 14.8 Å². The summed E-state index contributed by atoms with van der Waals surface area (Å²) in [5.74, 6) is 1.00. The smallest absolute Gasteiger partial charge is 0.289 e. The van der Waals surface area contributed by atoms with Gasteiger partial charge in [0.05, 0.1) is 0 Å². The normalized spacial score (nSPS) is 22.2. The summed E-state index contributed by atoms with van der Waals surface area (Å²) >= 11 is 0. The second kappa shape index (κ2) is 8.14. The summed E-state index contributed by atoms with van der Waals surface area (Å²) in [6.45, 7) is 1.68. The van der Waals surface area contributed by atoms with E-state index < -0.39 is 0 Å². The van der Waals surface area contributed by atoms with Crippen LogP contribution >= 0.6 is 0 Å². The van der Waals surface area contributed by atoms with Crippen LogP contribution in [0.25, 0.3) is 0 Å². The van der Waals surface area contributed by atoms with Crippen LogP contribution < -0.4 is 0 Å². The van der Waals surface area contributed by atoms with Crippen LogP contribution in [0, 0.1) is 5.92 Å². The molecular formula is C21H25N3O4. The van der Waals surface area contributed by atoms with Crippen LogP contribution in [-0.4, -0.2) is 57.4 Å². The summed E-state index contributed by atoms with van der Waals surface area (Å²) in [6.07, 6.45) is 4.64. The number of aromatic nitrogens is 1. The van der Waals surface area contributed by atoms with E-state index >= 15 is 0 Å². The van der Waals surface area contributed by atoms with E-state index in [-0.39, 0.29) is 36.1 Å². The molecule has 0 spiro atoms. The lowest BCUT2D eigenvalue weighted by molar-refractivity contribution is -0.140. The van der Waals surface area contributed by atoms with Crippen molar-refractivity contribution in [3.63, 3.8) is 0 Å². The van der Waals surface area contributed by atoms with Gasteiger partial charge in [0.2, 0.25) is 5.91 Å². The SMILES string of the molecule is O=C(c1ccc(CO)o1)N1CC[C@@H]2[C@@H](CCC(=O)N2CCc2ccccn2)C1. The van der Waals surface area contributed by atoms with Crippen LogP contribution in [0.3, 0.4) is 0 Å². The molecule has 0 radical (unpaired) electrons. The van der Waals surface area contributed by atoms with E-state index in [1.165, 1.54) is 0 Å². The Morgan fingerprint density at radius 3 is 2.89 bits per heavy atom. The van der Waals surface area contributed by atoms with Gasteiger partial charge in [-0.2, -0.15) is 0 Å². The van der Waals surface area contributed by atoms with E-state index in [9.17, 15) is 9.59 Å². The standard InChI is InChI=1S/C21H25N3O4/c25-14-17-5-6-19(28-17)21(27)23-11-9-18-15(13-23)4-7-20(26)24(18)12-8-16-3-1-2-10-22-16/h1-3,5-6,10,15,18,25H,4,7-9,11-14H2/t15-,18+/m0/s1. The van der Waals surface area contributed by atoms with Crippen molar-refractivity contribution >= 4 is 11.8 Å². The first kappa shape index (κ1) is 18.7. The number of hydrogen-bond donors (Lipinski definition) is 1. The highest BCUT2D eigenvalue weighted by molar-refractivity contribution is 5.91. The molecule has 2 atom stereocenters. The monoisotopic (exact) mass is 383 g/mol. The summed E-state index contributed by atoms with van der Waals surface area (Å²) in [4.78, 5) is 33.4. The molecule has 7 heteroatoms. The predicted molar refractivity (Wildman–Crippen MR) is 101 cm³/mol. The topological polar surface area (TPSA) is 86.9 Å². The third-order valence-corrected chi connectivity index (χ3v) is 5.79. The first-order valence-electron chi connectivity index (χ1n) is 9.84. The number of aliphatic hydroxyl groups is 1. The van der Waals surface area contributed by atoms with Crippen molar-refractivity contribution in [2.45, 2.75) is 38.3 Å². The summed E-state index contributed by atoms with van der Waals surface area (Å²) in [6, 6.07) is 9.25. The minimum Gasteiger partial charge on any atom is -0.453 e. The largest absolute Gasteiger partial charge is 0.453 e. The molecule has 0 saturated carbocycles.